The molecule has 0 saturated heterocycles. The van der Waals surface area contributed by atoms with Gasteiger partial charge in [0.15, 0.2) is 17.1 Å². The van der Waals surface area contributed by atoms with Crippen molar-refractivity contribution in [3.05, 3.63) is 36.7 Å². The van der Waals surface area contributed by atoms with E-state index in [-0.39, 0.29) is 12.4 Å². The van der Waals surface area contributed by atoms with Gasteiger partial charge in [-0.1, -0.05) is 6.07 Å². The van der Waals surface area contributed by atoms with Crippen molar-refractivity contribution in [1.29, 1.82) is 0 Å². The van der Waals surface area contributed by atoms with Crippen LogP contribution >= 0.6 is 12.4 Å². The molecule has 4 rings (SSSR count). The monoisotopic (exact) mass is 361 g/mol. The van der Waals surface area contributed by atoms with E-state index in [1.54, 1.807) is 11.6 Å². The van der Waals surface area contributed by atoms with Gasteiger partial charge < -0.3 is 20.1 Å². The van der Waals surface area contributed by atoms with Crippen LogP contribution in [0.2, 0.25) is 0 Å². The molecular formula is C17H20ClN5O2. The Bertz CT molecular complexity index is 867. The van der Waals surface area contributed by atoms with Gasteiger partial charge in [-0.2, -0.15) is 5.10 Å². The summed E-state index contributed by atoms with van der Waals surface area (Å²) >= 11 is 0. The van der Waals surface area contributed by atoms with Crippen LogP contribution < -0.4 is 20.1 Å². The van der Waals surface area contributed by atoms with Crippen LogP contribution in [-0.4, -0.2) is 47.9 Å². The van der Waals surface area contributed by atoms with Gasteiger partial charge in [0.25, 0.3) is 0 Å². The number of anilines is 1. The normalized spacial score (nSPS) is 14.1. The van der Waals surface area contributed by atoms with Gasteiger partial charge in [-0.15, -0.1) is 12.4 Å². The van der Waals surface area contributed by atoms with Crippen molar-refractivity contribution >= 4 is 23.9 Å². The summed E-state index contributed by atoms with van der Waals surface area (Å²) in [5.41, 5.74) is 2.76. The Morgan fingerprint density at radius 1 is 1.20 bits per heavy atom. The summed E-state index contributed by atoms with van der Waals surface area (Å²) in [6, 6.07) is 7.81. The lowest BCUT2D eigenvalue weighted by Gasteiger charge is -2.14. The average Bonchev–Trinajstić information content (AvgIpc) is 3.03. The average molecular weight is 362 g/mol. The fourth-order valence-electron chi connectivity index (χ4n) is 2.77. The maximum atomic E-state index is 5.89. The Morgan fingerprint density at radius 2 is 2.12 bits per heavy atom. The Morgan fingerprint density at radius 3 is 3.00 bits per heavy atom. The number of nitrogens with one attached hydrogen (secondary N) is 2. The zero-order valence-electron chi connectivity index (χ0n) is 13.9. The lowest BCUT2D eigenvalue weighted by Crippen LogP contribution is -2.27. The smallest absolute Gasteiger partial charge is 0.165 e. The second-order valence-corrected chi connectivity index (χ2v) is 5.53. The quantitative estimate of drug-likeness (QED) is 0.692. The third kappa shape index (κ3) is 3.47. The third-order valence-electron chi connectivity index (χ3n) is 3.99. The number of aromatic nitrogens is 3. The predicted molar refractivity (Wildman–Crippen MR) is 99.1 cm³/mol. The Hall–Kier alpha value is -2.51. The van der Waals surface area contributed by atoms with Gasteiger partial charge in [-0.05, 0) is 23.8 Å². The standard InChI is InChI=1S/C17H19N5O2.ClH/c1-23-14-3-2-12-10-15(14)24-9-7-18-5-6-19-16-4-8-22-17(21-16)13(12)11-20-22;/h2-4,8,10-11,18H,5-7,9H2,1H3,(H,19,21);1H. The molecule has 3 heterocycles. The second kappa shape index (κ2) is 7.58. The summed E-state index contributed by atoms with van der Waals surface area (Å²) in [5, 5.41) is 11.0. The van der Waals surface area contributed by atoms with Gasteiger partial charge in [0, 0.05) is 31.4 Å². The van der Waals surface area contributed by atoms with Crippen LogP contribution in [0.15, 0.2) is 36.7 Å². The summed E-state index contributed by atoms with van der Waals surface area (Å²) in [7, 11) is 1.65. The highest BCUT2D eigenvalue weighted by Gasteiger charge is 2.13. The molecule has 1 aromatic carbocycles. The zero-order valence-corrected chi connectivity index (χ0v) is 14.7. The van der Waals surface area contributed by atoms with Crippen LogP contribution in [-0.2, 0) is 0 Å². The van der Waals surface area contributed by atoms with Crippen molar-refractivity contribution in [1.82, 2.24) is 19.9 Å². The van der Waals surface area contributed by atoms with Crippen LogP contribution in [0, 0.1) is 0 Å². The Balaban J connectivity index is 0.00000182. The molecule has 0 amide bonds. The number of methoxy groups -OCH3 is 1. The first-order chi connectivity index (χ1) is 11.8. The van der Waals surface area contributed by atoms with E-state index >= 15 is 0 Å². The predicted octanol–water partition coefficient (Wildman–Crippen LogP) is 2.22. The van der Waals surface area contributed by atoms with Gasteiger partial charge in [0.2, 0.25) is 0 Å². The Kier molecular flexibility index (Phi) is 5.25. The molecule has 0 saturated carbocycles. The van der Waals surface area contributed by atoms with Gasteiger partial charge in [0.05, 0.1) is 13.3 Å². The molecule has 1 aliphatic rings. The molecule has 4 bridgehead atoms. The molecule has 132 valence electrons. The molecule has 8 heteroatoms. The minimum Gasteiger partial charge on any atom is -0.493 e. The van der Waals surface area contributed by atoms with E-state index in [2.05, 4.69) is 20.7 Å². The number of nitrogens with zero attached hydrogens (tertiary/aromatic N) is 3. The number of hydrogen-bond donors (Lipinski definition) is 2. The lowest BCUT2D eigenvalue weighted by atomic mass is 10.1. The van der Waals surface area contributed by atoms with E-state index in [4.69, 9.17) is 9.47 Å². The summed E-state index contributed by atoms with van der Waals surface area (Å²) in [6.45, 7) is 2.97. The first-order valence-corrected chi connectivity index (χ1v) is 7.95. The molecule has 0 unspecified atom stereocenters. The largest absolute Gasteiger partial charge is 0.493 e. The highest BCUT2D eigenvalue weighted by molar-refractivity contribution is 5.85. The summed E-state index contributed by atoms with van der Waals surface area (Å²) < 4.78 is 13.1. The maximum Gasteiger partial charge on any atom is 0.165 e. The molecule has 3 aromatic rings. The van der Waals surface area contributed by atoms with Crippen LogP contribution in [0.1, 0.15) is 0 Å². The third-order valence-corrected chi connectivity index (χ3v) is 3.99. The van der Waals surface area contributed by atoms with Gasteiger partial charge in [-0.3, -0.25) is 0 Å². The molecule has 25 heavy (non-hydrogen) atoms. The van der Waals surface area contributed by atoms with E-state index in [1.165, 1.54) is 0 Å². The minimum atomic E-state index is 0. The molecule has 0 aliphatic carbocycles. The van der Waals surface area contributed by atoms with Crippen molar-refractivity contribution in [2.45, 2.75) is 0 Å². The molecular weight excluding hydrogens is 342 g/mol. The van der Waals surface area contributed by atoms with E-state index in [1.807, 2.05) is 36.7 Å². The summed E-state index contributed by atoms with van der Waals surface area (Å²) in [5.74, 6) is 2.29. The number of halogens is 1. The minimum absolute atomic E-state index is 0. The molecule has 0 atom stereocenters. The summed E-state index contributed by atoms with van der Waals surface area (Å²) in [4.78, 5) is 4.69. The van der Waals surface area contributed by atoms with Gasteiger partial charge in [-0.25, -0.2) is 9.50 Å². The van der Waals surface area contributed by atoms with Crippen LogP contribution in [0.4, 0.5) is 5.82 Å². The van der Waals surface area contributed by atoms with Crippen molar-refractivity contribution in [3.63, 3.8) is 0 Å². The Labute approximate surface area is 151 Å². The van der Waals surface area contributed by atoms with E-state index in [0.717, 1.165) is 53.7 Å². The molecule has 0 radical (unpaired) electrons. The first kappa shape index (κ1) is 17.3. The number of fused-ring (bicyclic) bond motifs is 4. The van der Waals surface area contributed by atoms with Gasteiger partial charge in [0.1, 0.15) is 12.4 Å². The molecule has 7 nitrogen and oxygen atoms in total. The van der Waals surface area contributed by atoms with Crippen molar-refractivity contribution in [2.24, 2.45) is 0 Å². The summed E-state index contributed by atoms with van der Waals surface area (Å²) in [6.07, 6.45) is 3.74. The second-order valence-electron chi connectivity index (χ2n) is 5.53. The van der Waals surface area contributed by atoms with Crippen LogP contribution in [0.25, 0.3) is 16.8 Å². The van der Waals surface area contributed by atoms with E-state index in [9.17, 15) is 0 Å². The van der Waals surface area contributed by atoms with Gasteiger partial charge >= 0.3 is 0 Å². The number of rotatable bonds is 1. The number of ether oxygens (including phenoxy) is 2. The highest BCUT2D eigenvalue weighted by Crippen LogP contribution is 2.34. The molecule has 2 N–H and O–H groups in total. The number of benzene rings is 1. The van der Waals surface area contributed by atoms with Crippen LogP contribution in [0.3, 0.4) is 0 Å². The van der Waals surface area contributed by atoms with Crippen molar-refractivity contribution < 1.29 is 9.47 Å². The van der Waals surface area contributed by atoms with Crippen molar-refractivity contribution in [3.8, 4) is 22.6 Å². The molecule has 1 aliphatic heterocycles. The fourth-order valence-corrected chi connectivity index (χ4v) is 2.77. The fraction of sp³-hybridized carbons (Fsp3) is 0.294. The molecule has 0 spiro atoms. The topological polar surface area (TPSA) is 72.7 Å². The van der Waals surface area contributed by atoms with E-state index in [0.29, 0.717) is 6.61 Å². The lowest BCUT2D eigenvalue weighted by molar-refractivity contribution is 0.293. The van der Waals surface area contributed by atoms with E-state index < -0.39 is 0 Å². The highest BCUT2D eigenvalue weighted by atomic mass is 35.5. The molecule has 0 fully saturated rings. The van der Waals surface area contributed by atoms with Crippen LogP contribution in [0.5, 0.6) is 11.5 Å². The SMILES string of the molecule is COc1ccc2cc1OCCNCCNc1ccn3ncc-2c3n1.Cl. The first-order valence-electron chi connectivity index (χ1n) is 7.95. The number of hydrogen-bond acceptors (Lipinski definition) is 6. The maximum absolute atomic E-state index is 5.89. The van der Waals surface area contributed by atoms with Crippen molar-refractivity contribution in [2.75, 3.05) is 38.7 Å². The zero-order chi connectivity index (χ0) is 16.4. The molecule has 2 aromatic heterocycles.